The molecule has 3 N–H and O–H groups in total. The van der Waals surface area contributed by atoms with E-state index < -0.39 is 10.0 Å². The van der Waals surface area contributed by atoms with Crippen LogP contribution in [0.5, 0.6) is 0 Å². The van der Waals surface area contributed by atoms with Gasteiger partial charge in [0, 0.05) is 32.3 Å². The number of carbonyl (C=O) groups is 1. The molecule has 2 heterocycles. The van der Waals surface area contributed by atoms with Gasteiger partial charge in [0.15, 0.2) is 0 Å². The first kappa shape index (κ1) is 25.2. The fourth-order valence-electron chi connectivity index (χ4n) is 4.83. The van der Waals surface area contributed by atoms with E-state index >= 15 is 0 Å². The van der Waals surface area contributed by atoms with E-state index in [1.807, 2.05) is 0 Å². The van der Waals surface area contributed by atoms with Gasteiger partial charge in [0.2, 0.25) is 15.9 Å². The number of anilines is 2. The minimum atomic E-state index is -3.64. The van der Waals surface area contributed by atoms with Gasteiger partial charge in [0.05, 0.1) is 42.1 Å². The van der Waals surface area contributed by atoms with E-state index in [1.54, 1.807) is 18.2 Å². The number of carbonyl (C=O) groups excluding carboxylic acids is 1. The molecule has 0 radical (unpaired) electrons. The topological polar surface area (TPSA) is 109 Å². The van der Waals surface area contributed by atoms with Crippen LogP contribution in [0, 0.1) is 0 Å². The number of hydrogen-bond acceptors (Lipinski definition) is 7. The summed E-state index contributed by atoms with van der Waals surface area (Å²) < 4.78 is 38.8. The third-order valence-electron chi connectivity index (χ3n) is 6.80. The van der Waals surface area contributed by atoms with Gasteiger partial charge in [-0.3, -0.25) is 4.79 Å². The first-order chi connectivity index (χ1) is 16.5. The molecule has 1 aromatic rings. The van der Waals surface area contributed by atoms with Crippen LogP contribution >= 0.6 is 0 Å². The molecule has 10 heteroatoms. The van der Waals surface area contributed by atoms with Gasteiger partial charge in [-0.15, -0.1) is 0 Å². The molecule has 9 nitrogen and oxygen atoms in total. The van der Waals surface area contributed by atoms with Gasteiger partial charge in [-0.2, -0.15) is 4.31 Å². The number of amides is 1. The monoisotopic (exact) mass is 494 g/mol. The molecular weight excluding hydrogens is 456 g/mol. The van der Waals surface area contributed by atoms with Crippen molar-refractivity contribution in [3.63, 3.8) is 0 Å². The number of morpholine rings is 1. The van der Waals surface area contributed by atoms with Gasteiger partial charge in [0.25, 0.3) is 0 Å². The third-order valence-corrected chi connectivity index (χ3v) is 8.70. The highest BCUT2D eigenvalue weighted by Gasteiger charge is 2.27. The van der Waals surface area contributed by atoms with Gasteiger partial charge in [-0.25, -0.2) is 8.42 Å². The second kappa shape index (κ2) is 12.2. The van der Waals surface area contributed by atoms with E-state index in [2.05, 4.69) is 16.0 Å². The predicted octanol–water partition coefficient (Wildman–Crippen LogP) is 2.55. The molecule has 2 saturated heterocycles. The summed E-state index contributed by atoms with van der Waals surface area (Å²) in [6, 6.07) is 5.25. The lowest BCUT2D eigenvalue weighted by atomic mass is 10.1. The zero-order valence-corrected chi connectivity index (χ0v) is 20.7. The van der Waals surface area contributed by atoms with Gasteiger partial charge in [-0.1, -0.05) is 25.7 Å². The van der Waals surface area contributed by atoms with Crippen LogP contribution in [0.4, 0.5) is 11.4 Å². The average molecular weight is 495 g/mol. The number of rotatable bonds is 9. The van der Waals surface area contributed by atoms with Crippen LogP contribution in [0.3, 0.4) is 0 Å². The minimum Gasteiger partial charge on any atom is -0.381 e. The molecule has 1 saturated carbocycles. The van der Waals surface area contributed by atoms with E-state index in [9.17, 15) is 13.2 Å². The Morgan fingerprint density at radius 1 is 0.941 bits per heavy atom. The SMILES string of the molecule is O=C(CNc1cc(S(=O)(=O)N2CCOCC2)ccc1NCC1CCCO1)NC1CCCCCC1. The first-order valence-electron chi connectivity index (χ1n) is 12.6. The highest BCUT2D eigenvalue weighted by molar-refractivity contribution is 7.89. The Kier molecular flexibility index (Phi) is 9.04. The average Bonchev–Trinajstić information content (AvgIpc) is 3.25. The Morgan fingerprint density at radius 2 is 1.71 bits per heavy atom. The van der Waals surface area contributed by atoms with E-state index in [-0.39, 0.29) is 29.5 Å². The lowest BCUT2D eigenvalue weighted by molar-refractivity contribution is -0.120. The molecule has 1 amide bonds. The summed E-state index contributed by atoms with van der Waals surface area (Å²) in [5.74, 6) is -0.0709. The molecule has 1 unspecified atom stereocenters. The molecule has 4 rings (SSSR count). The largest absolute Gasteiger partial charge is 0.381 e. The van der Waals surface area contributed by atoms with Crippen molar-refractivity contribution in [3.05, 3.63) is 18.2 Å². The standard InChI is InChI=1S/C24H38N4O5S/c29-24(27-19-6-3-1-2-4-7-19)18-26-23-16-21(34(30,31)28-11-14-32-15-12-28)9-10-22(23)25-17-20-8-5-13-33-20/h9-10,16,19-20,25-26H,1-8,11-15,17-18H2,(H,27,29). The normalized spacial score (nSPS) is 22.8. The predicted molar refractivity (Wildman–Crippen MR) is 132 cm³/mol. The molecule has 3 fully saturated rings. The summed E-state index contributed by atoms with van der Waals surface area (Å²) in [6.07, 6.45) is 9.00. The Morgan fingerprint density at radius 3 is 2.41 bits per heavy atom. The van der Waals surface area contributed by atoms with Crippen LogP contribution in [0.15, 0.2) is 23.1 Å². The van der Waals surface area contributed by atoms with Crippen LogP contribution in [-0.4, -0.2) is 76.8 Å². The smallest absolute Gasteiger partial charge is 0.243 e. The Labute approximate surface area is 203 Å². The van der Waals surface area contributed by atoms with Gasteiger partial charge < -0.3 is 25.4 Å². The van der Waals surface area contributed by atoms with E-state index in [0.717, 1.165) is 50.8 Å². The van der Waals surface area contributed by atoms with Crippen molar-refractivity contribution < 1.29 is 22.7 Å². The summed E-state index contributed by atoms with van der Waals surface area (Å²) in [6.45, 7) is 2.97. The second-order valence-electron chi connectivity index (χ2n) is 9.35. The van der Waals surface area contributed by atoms with Crippen molar-refractivity contribution in [2.45, 2.75) is 68.4 Å². The fraction of sp³-hybridized carbons (Fsp3) is 0.708. The zero-order valence-electron chi connectivity index (χ0n) is 19.9. The third kappa shape index (κ3) is 6.84. The van der Waals surface area contributed by atoms with Crippen LogP contribution in [-0.2, 0) is 24.3 Å². The van der Waals surface area contributed by atoms with Crippen LogP contribution < -0.4 is 16.0 Å². The van der Waals surface area contributed by atoms with E-state index in [4.69, 9.17) is 9.47 Å². The van der Waals surface area contributed by atoms with Gasteiger partial charge in [0.1, 0.15) is 0 Å². The second-order valence-corrected chi connectivity index (χ2v) is 11.3. The molecule has 1 aliphatic carbocycles. The fourth-order valence-corrected chi connectivity index (χ4v) is 6.26. The number of hydrogen-bond donors (Lipinski definition) is 3. The quantitative estimate of drug-likeness (QED) is 0.453. The molecule has 1 atom stereocenters. The highest BCUT2D eigenvalue weighted by Crippen LogP contribution is 2.28. The Hall–Kier alpha value is -1.88. The number of ether oxygens (including phenoxy) is 2. The lowest BCUT2D eigenvalue weighted by Crippen LogP contribution is -2.40. The van der Waals surface area contributed by atoms with Crippen molar-refractivity contribution >= 4 is 27.3 Å². The van der Waals surface area contributed by atoms with E-state index in [0.29, 0.717) is 38.5 Å². The maximum atomic E-state index is 13.2. The van der Waals surface area contributed by atoms with Crippen molar-refractivity contribution in [1.29, 1.82) is 0 Å². The summed E-state index contributed by atoms with van der Waals surface area (Å²) >= 11 is 0. The Bertz CT molecular complexity index is 906. The molecule has 2 aliphatic heterocycles. The molecule has 0 bridgehead atoms. The van der Waals surface area contributed by atoms with Crippen molar-refractivity contribution in [2.75, 3.05) is 56.6 Å². The summed E-state index contributed by atoms with van der Waals surface area (Å²) in [5, 5.41) is 9.70. The van der Waals surface area contributed by atoms with Crippen LogP contribution in [0.1, 0.15) is 51.4 Å². The van der Waals surface area contributed by atoms with Crippen molar-refractivity contribution in [1.82, 2.24) is 9.62 Å². The molecule has 34 heavy (non-hydrogen) atoms. The summed E-state index contributed by atoms with van der Waals surface area (Å²) in [4.78, 5) is 12.9. The molecule has 0 spiro atoms. The number of nitrogens with one attached hydrogen (secondary N) is 3. The Balaban J connectivity index is 1.45. The lowest BCUT2D eigenvalue weighted by Gasteiger charge is -2.26. The molecular formula is C24H38N4O5S. The summed E-state index contributed by atoms with van der Waals surface area (Å²) in [5.41, 5.74) is 1.36. The minimum absolute atomic E-state index is 0.0709. The van der Waals surface area contributed by atoms with Crippen molar-refractivity contribution in [2.24, 2.45) is 0 Å². The van der Waals surface area contributed by atoms with Crippen LogP contribution in [0.25, 0.3) is 0 Å². The number of sulfonamides is 1. The maximum absolute atomic E-state index is 13.2. The van der Waals surface area contributed by atoms with Crippen molar-refractivity contribution in [3.8, 4) is 0 Å². The maximum Gasteiger partial charge on any atom is 0.243 e. The summed E-state index contributed by atoms with van der Waals surface area (Å²) in [7, 11) is -3.64. The molecule has 0 aromatic heterocycles. The van der Waals surface area contributed by atoms with E-state index in [1.165, 1.54) is 17.1 Å². The molecule has 3 aliphatic rings. The van der Waals surface area contributed by atoms with Crippen LogP contribution in [0.2, 0.25) is 0 Å². The highest BCUT2D eigenvalue weighted by atomic mass is 32.2. The van der Waals surface area contributed by atoms with Gasteiger partial charge >= 0.3 is 0 Å². The molecule has 190 valence electrons. The number of benzene rings is 1. The first-order valence-corrected chi connectivity index (χ1v) is 14.1. The molecule has 1 aromatic carbocycles. The van der Waals surface area contributed by atoms with Gasteiger partial charge in [-0.05, 0) is 43.9 Å². The number of nitrogens with zero attached hydrogens (tertiary/aromatic N) is 1. The zero-order chi connectivity index (χ0) is 23.8.